The summed E-state index contributed by atoms with van der Waals surface area (Å²) in [4.78, 5) is 16.4. The zero-order valence-electron chi connectivity index (χ0n) is 19.8. The van der Waals surface area contributed by atoms with Gasteiger partial charge in [0.05, 0.1) is 12.5 Å². The number of benzene rings is 2. The van der Waals surface area contributed by atoms with Gasteiger partial charge in [-0.15, -0.1) is 0 Å². The molecule has 6 N–H and O–H groups in total. The Morgan fingerprint density at radius 3 is 2.53 bits per heavy atom. The monoisotopic (exact) mass is 462 g/mol. The first-order valence-electron chi connectivity index (χ1n) is 11.5. The average Bonchev–Trinajstić information content (AvgIpc) is 2.78. The Balaban J connectivity index is 1.47. The highest BCUT2D eigenvalue weighted by atomic mass is 16.3. The largest absolute Gasteiger partial charge is 0.508 e. The summed E-state index contributed by atoms with van der Waals surface area (Å²) in [5.41, 5.74) is 9.12. The second-order valence-corrected chi connectivity index (χ2v) is 9.24. The van der Waals surface area contributed by atoms with E-state index in [1.165, 1.54) is 0 Å². The summed E-state index contributed by atoms with van der Waals surface area (Å²) in [7, 11) is 0. The Hall–Kier alpha value is -3.42. The van der Waals surface area contributed by atoms with Crippen LogP contribution in [0.1, 0.15) is 42.2 Å². The minimum absolute atomic E-state index is 0.0325. The maximum atomic E-state index is 12.4. The van der Waals surface area contributed by atoms with Crippen LogP contribution in [0.15, 0.2) is 66.9 Å². The van der Waals surface area contributed by atoms with E-state index in [-0.39, 0.29) is 17.2 Å². The first kappa shape index (κ1) is 25.2. The van der Waals surface area contributed by atoms with Gasteiger partial charge in [-0.1, -0.05) is 42.5 Å². The normalized spacial score (nSPS) is 12.3. The van der Waals surface area contributed by atoms with Gasteiger partial charge in [0.1, 0.15) is 11.6 Å². The van der Waals surface area contributed by atoms with Gasteiger partial charge in [0, 0.05) is 30.4 Å². The minimum Gasteiger partial charge on any atom is -0.508 e. The van der Waals surface area contributed by atoms with E-state index in [1.54, 1.807) is 36.5 Å². The number of hydrogen-bond acceptors (Lipinski definition) is 6. The number of aliphatic hydroxyl groups excluding tert-OH is 1. The summed E-state index contributed by atoms with van der Waals surface area (Å²) < 4.78 is 0. The lowest BCUT2D eigenvalue weighted by Crippen LogP contribution is -2.43. The summed E-state index contributed by atoms with van der Waals surface area (Å²) >= 11 is 0. The number of phenols is 1. The number of pyridine rings is 1. The molecule has 0 bridgehead atoms. The second kappa shape index (κ2) is 11.6. The van der Waals surface area contributed by atoms with Crippen LogP contribution in [0.2, 0.25) is 0 Å². The Kier molecular flexibility index (Phi) is 8.62. The Morgan fingerprint density at radius 2 is 1.79 bits per heavy atom. The van der Waals surface area contributed by atoms with Crippen molar-refractivity contribution in [3.05, 3.63) is 89.1 Å². The first-order chi connectivity index (χ1) is 16.2. The SMILES string of the molecule is CC(C)(Cc1cccc(CC(=O)NCCc2cccc(O)c2)c1)NC[C@H](O)c1ccc(N)nc1. The summed E-state index contributed by atoms with van der Waals surface area (Å²) in [5, 5.41) is 26.3. The van der Waals surface area contributed by atoms with Crippen molar-refractivity contribution < 1.29 is 15.0 Å². The smallest absolute Gasteiger partial charge is 0.224 e. The molecule has 2 aromatic carbocycles. The van der Waals surface area contributed by atoms with E-state index in [2.05, 4.69) is 35.5 Å². The van der Waals surface area contributed by atoms with Crippen molar-refractivity contribution in [2.24, 2.45) is 0 Å². The molecule has 180 valence electrons. The van der Waals surface area contributed by atoms with Crippen molar-refractivity contribution in [1.29, 1.82) is 0 Å². The predicted molar refractivity (Wildman–Crippen MR) is 134 cm³/mol. The number of anilines is 1. The Morgan fingerprint density at radius 1 is 1.06 bits per heavy atom. The number of rotatable bonds is 11. The van der Waals surface area contributed by atoms with Gasteiger partial charge < -0.3 is 26.6 Å². The van der Waals surface area contributed by atoms with E-state index < -0.39 is 6.10 Å². The number of nitrogens with zero attached hydrogens (tertiary/aromatic N) is 1. The van der Waals surface area contributed by atoms with Gasteiger partial charge in [-0.05, 0) is 61.6 Å². The van der Waals surface area contributed by atoms with Gasteiger partial charge in [0.15, 0.2) is 0 Å². The zero-order chi connectivity index (χ0) is 24.6. The fourth-order valence-corrected chi connectivity index (χ4v) is 3.83. The van der Waals surface area contributed by atoms with E-state index in [9.17, 15) is 15.0 Å². The molecule has 0 saturated carbocycles. The molecule has 0 unspecified atom stereocenters. The number of nitrogens with one attached hydrogen (secondary N) is 2. The van der Waals surface area contributed by atoms with Crippen molar-refractivity contribution in [2.75, 3.05) is 18.8 Å². The topological polar surface area (TPSA) is 120 Å². The molecule has 3 aromatic rings. The number of hydrogen-bond donors (Lipinski definition) is 5. The number of phenolic OH excluding ortho intramolecular Hbond substituents is 1. The van der Waals surface area contributed by atoms with Crippen molar-refractivity contribution in [2.45, 2.75) is 44.8 Å². The molecular weight excluding hydrogens is 428 g/mol. The van der Waals surface area contributed by atoms with E-state index >= 15 is 0 Å². The molecule has 1 heterocycles. The molecule has 0 saturated heterocycles. The third-order valence-corrected chi connectivity index (χ3v) is 5.62. The van der Waals surface area contributed by atoms with Crippen LogP contribution in [0.5, 0.6) is 5.75 Å². The lowest BCUT2D eigenvalue weighted by Gasteiger charge is -2.28. The van der Waals surface area contributed by atoms with Gasteiger partial charge in [-0.3, -0.25) is 4.79 Å². The molecule has 3 rings (SSSR count). The molecule has 0 aliphatic carbocycles. The molecule has 7 nitrogen and oxygen atoms in total. The number of β-amino-alcohol motifs (C(OH)–C–C–N with tert-alkyl or cyclic N) is 1. The van der Waals surface area contributed by atoms with Crippen LogP contribution in [0.4, 0.5) is 5.82 Å². The zero-order valence-corrected chi connectivity index (χ0v) is 19.8. The summed E-state index contributed by atoms with van der Waals surface area (Å²) in [6.07, 6.45) is 2.63. The number of aliphatic hydroxyl groups is 1. The number of carbonyl (C=O) groups excluding carboxylic acids is 1. The van der Waals surface area contributed by atoms with Gasteiger partial charge in [0.2, 0.25) is 5.91 Å². The molecule has 7 heteroatoms. The van der Waals surface area contributed by atoms with Crippen molar-refractivity contribution in [1.82, 2.24) is 15.6 Å². The predicted octanol–water partition coefficient (Wildman–Crippen LogP) is 2.92. The first-order valence-corrected chi connectivity index (χ1v) is 11.5. The average molecular weight is 463 g/mol. The Bertz CT molecular complexity index is 1080. The fraction of sp³-hybridized carbons (Fsp3) is 0.333. The van der Waals surface area contributed by atoms with E-state index in [0.29, 0.717) is 31.7 Å². The molecule has 0 fully saturated rings. The fourth-order valence-electron chi connectivity index (χ4n) is 3.83. The highest BCUT2D eigenvalue weighted by Crippen LogP contribution is 2.18. The highest BCUT2D eigenvalue weighted by Gasteiger charge is 2.20. The lowest BCUT2D eigenvalue weighted by molar-refractivity contribution is -0.120. The van der Waals surface area contributed by atoms with Crippen LogP contribution >= 0.6 is 0 Å². The van der Waals surface area contributed by atoms with Crippen LogP contribution in [0.3, 0.4) is 0 Å². The maximum Gasteiger partial charge on any atom is 0.224 e. The molecule has 0 aliphatic heterocycles. The number of aromatic hydroxyl groups is 1. The van der Waals surface area contributed by atoms with E-state index in [4.69, 9.17) is 5.73 Å². The Labute approximate surface area is 201 Å². The number of amides is 1. The molecular formula is C27H34N4O3. The molecule has 34 heavy (non-hydrogen) atoms. The molecule has 1 atom stereocenters. The third kappa shape index (κ3) is 8.17. The molecule has 0 aliphatic rings. The second-order valence-electron chi connectivity index (χ2n) is 9.24. The molecule has 1 amide bonds. The van der Waals surface area contributed by atoms with Crippen LogP contribution < -0.4 is 16.4 Å². The highest BCUT2D eigenvalue weighted by molar-refractivity contribution is 5.78. The van der Waals surface area contributed by atoms with E-state index in [0.717, 1.165) is 28.7 Å². The van der Waals surface area contributed by atoms with Crippen LogP contribution in [-0.4, -0.2) is 39.7 Å². The van der Waals surface area contributed by atoms with Crippen molar-refractivity contribution in [3.63, 3.8) is 0 Å². The van der Waals surface area contributed by atoms with Crippen LogP contribution in [0.25, 0.3) is 0 Å². The maximum absolute atomic E-state index is 12.4. The van der Waals surface area contributed by atoms with Gasteiger partial charge in [0.25, 0.3) is 0 Å². The summed E-state index contributed by atoms with van der Waals surface area (Å²) in [6.45, 7) is 5.08. The van der Waals surface area contributed by atoms with E-state index in [1.807, 2.05) is 24.3 Å². The van der Waals surface area contributed by atoms with Crippen LogP contribution in [-0.2, 0) is 24.1 Å². The third-order valence-electron chi connectivity index (χ3n) is 5.62. The molecule has 0 spiro atoms. The van der Waals surface area contributed by atoms with Crippen LogP contribution in [0, 0.1) is 0 Å². The minimum atomic E-state index is -0.678. The number of nitrogen functional groups attached to an aromatic ring is 1. The quantitative estimate of drug-likeness (QED) is 0.299. The number of nitrogens with two attached hydrogens (primary N) is 1. The van der Waals surface area contributed by atoms with Gasteiger partial charge in [-0.2, -0.15) is 0 Å². The standard InChI is InChI=1S/C27H34N4O3/c1-27(2,31-18-24(33)22-9-10-25(28)30-17-22)16-21-7-3-6-20(13-21)15-26(34)29-12-11-19-5-4-8-23(32)14-19/h3-10,13-14,17,24,31-33H,11-12,15-16,18H2,1-2H3,(H2,28,30)(H,29,34)/t24-/m0/s1. The summed E-state index contributed by atoms with van der Waals surface area (Å²) in [5.74, 6) is 0.624. The lowest BCUT2D eigenvalue weighted by atomic mass is 9.93. The number of carbonyl (C=O) groups is 1. The van der Waals surface area contributed by atoms with Gasteiger partial charge in [-0.25, -0.2) is 4.98 Å². The molecule has 1 aromatic heterocycles. The van der Waals surface area contributed by atoms with Crippen molar-refractivity contribution in [3.8, 4) is 5.75 Å². The molecule has 0 radical (unpaired) electrons. The van der Waals surface area contributed by atoms with Gasteiger partial charge >= 0.3 is 0 Å². The number of aromatic nitrogens is 1. The van der Waals surface area contributed by atoms with Crippen molar-refractivity contribution >= 4 is 11.7 Å². The summed E-state index contributed by atoms with van der Waals surface area (Å²) in [6, 6.07) is 18.5.